The minimum atomic E-state index is 0. The normalized spacial score (nSPS) is 23.1. The number of imidazole rings is 1. The van der Waals surface area contributed by atoms with Crippen LogP contribution >= 0.6 is 24.8 Å². The number of nitrogens with one attached hydrogen (secondary N) is 2. The summed E-state index contributed by atoms with van der Waals surface area (Å²) in [6, 6.07) is 0.501. The first-order chi connectivity index (χ1) is 6.93. The molecule has 1 fully saturated rings. The Morgan fingerprint density at radius 3 is 2.56 bits per heavy atom. The van der Waals surface area contributed by atoms with E-state index in [1.807, 2.05) is 0 Å². The number of hydrogen-bond donors (Lipinski definition) is 2. The highest BCUT2D eigenvalue weighted by atomic mass is 35.5. The van der Waals surface area contributed by atoms with Gasteiger partial charge in [0.15, 0.2) is 0 Å². The standard InChI is InChI=1S/C11H17N3.2ClH/c1-2-5-9-8(4-1)13-11(14-9)10-6-3-7-12-10;;/h10,12H,1-7H2,(H,13,14);2*1H. The number of aryl methyl sites for hydroxylation is 2. The lowest BCUT2D eigenvalue weighted by atomic mass is 10.0. The molecule has 1 aromatic heterocycles. The predicted molar refractivity (Wildman–Crippen MR) is 69.7 cm³/mol. The van der Waals surface area contributed by atoms with Gasteiger partial charge in [-0.1, -0.05) is 0 Å². The van der Waals surface area contributed by atoms with Gasteiger partial charge in [0, 0.05) is 5.69 Å². The summed E-state index contributed by atoms with van der Waals surface area (Å²) >= 11 is 0. The van der Waals surface area contributed by atoms with E-state index in [0.29, 0.717) is 6.04 Å². The van der Waals surface area contributed by atoms with E-state index in [-0.39, 0.29) is 24.8 Å². The quantitative estimate of drug-likeness (QED) is 0.818. The van der Waals surface area contributed by atoms with Gasteiger partial charge in [-0.25, -0.2) is 4.98 Å². The number of halogens is 2. The molecule has 1 aliphatic carbocycles. The molecule has 1 aliphatic heterocycles. The molecule has 0 spiro atoms. The van der Waals surface area contributed by atoms with Crippen molar-refractivity contribution in [3.63, 3.8) is 0 Å². The first-order valence-corrected chi connectivity index (χ1v) is 5.74. The topological polar surface area (TPSA) is 40.7 Å². The fourth-order valence-corrected chi connectivity index (χ4v) is 2.56. The first-order valence-electron chi connectivity index (χ1n) is 5.74. The number of H-pyrrole nitrogens is 1. The third kappa shape index (κ3) is 2.53. The zero-order valence-corrected chi connectivity index (χ0v) is 10.9. The van der Waals surface area contributed by atoms with E-state index < -0.39 is 0 Å². The zero-order valence-electron chi connectivity index (χ0n) is 9.29. The van der Waals surface area contributed by atoms with Crippen LogP contribution in [0.3, 0.4) is 0 Å². The number of nitrogens with zero attached hydrogens (tertiary/aromatic N) is 1. The van der Waals surface area contributed by atoms with Crippen molar-refractivity contribution in [3.05, 3.63) is 17.2 Å². The van der Waals surface area contributed by atoms with Crippen molar-refractivity contribution in [2.45, 2.75) is 44.6 Å². The summed E-state index contributed by atoms with van der Waals surface area (Å²) in [6.07, 6.45) is 7.55. The second-order valence-corrected chi connectivity index (χ2v) is 4.40. The first kappa shape index (κ1) is 13.8. The fraction of sp³-hybridized carbons (Fsp3) is 0.727. The average Bonchev–Trinajstić information content (AvgIpc) is 2.86. The fourth-order valence-electron chi connectivity index (χ4n) is 2.56. The van der Waals surface area contributed by atoms with Crippen molar-refractivity contribution in [2.75, 3.05) is 6.54 Å². The lowest BCUT2D eigenvalue weighted by Crippen LogP contribution is -2.14. The van der Waals surface area contributed by atoms with Crippen LogP contribution in [0.15, 0.2) is 0 Å². The molecule has 0 bridgehead atoms. The van der Waals surface area contributed by atoms with Gasteiger partial charge in [-0.3, -0.25) is 0 Å². The Morgan fingerprint density at radius 1 is 1.06 bits per heavy atom. The summed E-state index contributed by atoms with van der Waals surface area (Å²) in [5, 5.41) is 3.49. The Balaban J connectivity index is 0.000000640. The molecule has 3 rings (SSSR count). The highest BCUT2D eigenvalue weighted by Gasteiger charge is 2.22. The van der Waals surface area contributed by atoms with Crippen molar-refractivity contribution >= 4 is 24.8 Å². The Morgan fingerprint density at radius 2 is 1.88 bits per heavy atom. The molecule has 1 aromatic rings. The van der Waals surface area contributed by atoms with Gasteiger partial charge in [-0.2, -0.15) is 0 Å². The summed E-state index contributed by atoms with van der Waals surface area (Å²) in [7, 11) is 0. The van der Waals surface area contributed by atoms with Crippen molar-refractivity contribution in [2.24, 2.45) is 0 Å². The molecule has 1 saturated heterocycles. The van der Waals surface area contributed by atoms with Gasteiger partial charge >= 0.3 is 0 Å². The summed E-state index contributed by atoms with van der Waals surface area (Å²) in [5.74, 6) is 1.19. The number of rotatable bonds is 1. The molecule has 1 atom stereocenters. The van der Waals surface area contributed by atoms with Crippen molar-refractivity contribution < 1.29 is 0 Å². The zero-order chi connectivity index (χ0) is 9.38. The molecular weight excluding hydrogens is 245 g/mol. The van der Waals surface area contributed by atoms with E-state index in [4.69, 9.17) is 4.98 Å². The molecule has 1 unspecified atom stereocenters. The van der Waals surface area contributed by atoms with Crippen LogP contribution in [0.2, 0.25) is 0 Å². The van der Waals surface area contributed by atoms with Gasteiger partial charge in [0.2, 0.25) is 0 Å². The minimum Gasteiger partial charge on any atom is -0.344 e. The van der Waals surface area contributed by atoms with Crippen LogP contribution in [0.25, 0.3) is 0 Å². The lowest BCUT2D eigenvalue weighted by molar-refractivity contribution is 0.610. The highest BCUT2D eigenvalue weighted by molar-refractivity contribution is 5.85. The Labute approximate surface area is 109 Å². The van der Waals surface area contributed by atoms with E-state index in [9.17, 15) is 0 Å². The number of aromatic amines is 1. The monoisotopic (exact) mass is 263 g/mol. The SMILES string of the molecule is C1CCc2[nH]c(C3CCCN3)nc2C1.Cl.Cl. The molecule has 5 heteroatoms. The molecule has 0 radical (unpaired) electrons. The van der Waals surface area contributed by atoms with E-state index >= 15 is 0 Å². The summed E-state index contributed by atoms with van der Waals surface area (Å²) in [5.41, 5.74) is 2.74. The number of aromatic nitrogens is 2. The Hall–Kier alpha value is -0.250. The maximum atomic E-state index is 4.71. The summed E-state index contributed by atoms with van der Waals surface area (Å²) < 4.78 is 0. The van der Waals surface area contributed by atoms with E-state index in [0.717, 1.165) is 6.54 Å². The molecule has 2 heterocycles. The largest absolute Gasteiger partial charge is 0.344 e. The number of fused-ring (bicyclic) bond motifs is 1. The van der Waals surface area contributed by atoms with Gasteiger partial charge in [-0.15, -0.1) is 24.8 Å². The van der Waals surface area contributed by atoms with Crippen LogP contribution in [0.1, 0.15) is 48.9 Å². The van der Waals surface area contributed by atoms with Crippen LogP contribution in [0, 0.1) is 0 Å². The van der Waals surface area contributed by atoms with Crippen LogP contribution < -0.4 is 5.32 Å². The van der Waals surface area contributed by atoms with E-state index in [2.05, 4.69) is 10.3 Å². The van der Waals surface area contributed by atoms with Crippen LogP contribution in [0.4, 0.5) is 0 Å². The lowest BCUT2D eigenvalue weighted by Gasteiger charge is -2.07. The van der Waals surface area contributed by atoms with Gasteiger partial charge in [0.1, 0.15) is 5.82 Å². The van der Waals surface area contributed by atoms with E-state index in [1.165, 1.54) is 55.7 Å². The number of hydrogen-bond acceptors (Lipinski definition) is 2. The molecule has 3 nitrogen and oxygen atoms in total. The summed E-state index contributed by atoms with van der Waals surface area (Å²) in [6.45, 7) is 1.15. The second-order valence-electron chi connectivity index (χ2n) is 4.40. The molecule has 2 N–H and O–H groups in total. The molecule has 0 amide bonds. The maximum Gasteiger partial charge on any atom is 0.123 e. The van der Waals surface area contributed by atoms with Gasteiger partial charge in [-0.05, 0) is 45.1 Å². The smallest absolute Gasteiger partial charge is 0.123 e. The van der Waals surface area contributed by atoms with Crippen LogP contribution in [-0.2, 0) is 12.8 Å². The van der Waals surface area contributed by atoms with Crippen molar-refractivity contribution in [1.82, 2.24) is 15.3 Å². The molecule has 16 heavy (non-hydrogen) atoms. The summed E-state index contributed by atoms with van der Waals surface area (Å²) in [4.78, 5) is 8.22. The molecule has 0 aromatic carbocycles. The Kier molecular flexibility index (Phi) is 5.09. The maximum absolute atomic E-state index is 4.71. The average molecular weight is 264 g/mol. The third-order valence-electron chi connectivity index (χ3n) is 3.36. The van der Waals surface area contributed by atoms with Gasteiger partial charge < -0.3 is 10.3 Å². The second kappa shape index (κ2) is 5.89. The van der Waals surface area contributed by atoms with Crippen LogP contribution in [-0.4, -0.2) is 16.5 Å². The van der Waals surface area contributed by atoms with E-state index in [1.54, 1.807) is 0 Å². The molecule has 2 aliphatic rings. The molecule has 92 valence electrons. The van der Waals surface area contributed by atoms with Gasteiger partial charge in [0.25, 0.3) is 0 Å². The predicted octanol–water partition coefficient (Wildman–Crippen LogP) is 2.56. The third-order valence-corrected chi connectivity index (χ3v) is 3.36. The van der Waals surface area contributed by atoms with Crippen molar-refractivity contribution in [3.8, 4) is 0 Å². The Bertz CT molecular complexity index is 308. The molecular formula is C11H19Cl2N3. The van der Waals surface area contributed by atoms with Crippen molar-refractivity contribution in [1.29, 1.82) is 0 Å². The van der Waals surface area contributed by atoms with Gasteiger partial charge in [0.05, 0.1) is 11.7 Å². The van der Waals surface area contributed by atoms with Crippen LogP contribution in [0.5, 0.6) is 0 Å². The highest BCUT2D eigenvalue weighted by Crippen LogP contribution is 2.25. The molecule has 0 saturated carbocycles. The minimum absolute atomic E-state index is 0.